The summed E-state index contributed by atoms with van der Waals surface area (Å²) in [6.07, 6.45) is 0. The van der Waals surface area contributed by atoms with Gasteiger partial charge in [0.2, 0.25) is 0 Å². The van der Waals surface area contributed by atoms with Gasteiger partial charge in [0.05, 0.1) is 11.1 Å². The molecule has 0 atom stereocenters. The van der Waals surface area contributed by atoms with Crippen LogP contribution in [-0.4, -0.2) is 11.9 Å². The summed E-state index contributed by atoms with van der Waals surface area (Å²) in [6.45, 7) is 0. The van der Waals surface area contributed by atoms with Gasteiger partial charge in [-0.15, -0.1) is 0 Å². The van der Waals surface area contributed by atoms with E-state index in [4.69, 9.17) is 0 Å². The predicted molar refractivity (Wildman–Crippen MR) is 66.4 cm³/mol. The molecule has 0 amide bonds. The topological polar surface area (TPSA) is 43.4 Å². The second kappa shape index (κ2) is 3.28. The first-order valence-electron chi connectivity index (χ1n) is 4.66. The minimum Gasteiger partial charge on any atom is -0.386 e. The SMILES string of the molecule is O=C1OC(=O)c2c1c(I)cc1ccccc21. The highest BCUT2D eigenvalue weighted by atomic mass is 127. The van der Waals surface area contributed by atoms with Crippen molar-refractivity contribution in [3.63, 3.8) is 0 Å². The van der Waals surface area contributed by atoms with Gasteiger partial charge in [-0.3, -0.25) is 0 Å². The Morgan fingerprint density at radius 2 is 1.69 bits per heavy atom. The lowest BCUT2D eigenvalue weighted by atomic mass is 10.0. The van der Waals surface area contributed by atoms with Gasteiger partial charge < -0.3 is 4.74 Å². The Bertz CT molecular complexity index is 646. The van der Waals surface area contributed by atoms with E-state index < -0.39 is 11.9 Å². The Hall–Kier alpha value is -1.43. The average Bonchev–Trinajstić information content (AvgIpc) is 2.55. The van der Waals surface area contributed by atoms with E-state index >= 15 is 0 Å². The minimum absolute atomic E-state index is 0.393. The number of cyclic esters (lactones) is 2. The van der Waals surface area contributed by atoms with Gasteiger partial charge in [0, 0.05) is 3.57 Å². The maximum Gasteiger partial charge on any atom is 0.348 e. The Kier molecular flexibility index (Phi) is 2.00. The molecule has 16 heavy (non-hydrogen) atoms. The lowest BCUT2D eigenvalue weighted by Gasteiger charge is -2.02. The monoisotopic (exact) mass is 324 g/mol. The number of rotatable bonds is 0. The van der Waals surface area contributed by atoms with E-state index in [0.717, 1.165) is 14.3 Å². The summed E-state index contributed by atoms with van der Waals surface area (Å²) in [4.78, 5) is 23.1. The smallest absolute Gasteiger partial charge is 0.348 e. The van der Waals surface area contributed by atoms with Crippen LogP contribution in [0.25, 0.3) is 10.8 Å². The van der Waals surface area contributed by atoms with Crippen molar-refractivity contribution in [3.8, 4) is 0 Å². The molecule has 0 radical (unpaired) electrons. The van der Waals surface area contributed by atoms with Crippen LogP contribution in [0.15, 0.2) is 30.3 Å². The van der Waals surface area contributed by atoms with Gasteiger partial charge in [-0.1, -0.05) is 24.3 Å². The standard InChI is InChI=1S/C12H5IO3/c13-8-5-6-3-1-2-4-7(6)9-10(8)12(15)16-11(9)14/h1-5H. The maximum atomic E-state index is 11.6. The van der Waals surface area contributed by atoms with E-state index in [2.05, 4.69) is 4.74 Å². The Labute approximate surface area is 105 Å². The van der Waals surface area contributed by atoms with Crippen molar-refractivity contribution in [1.29, 1.82) is 0 Å². The molecule has 3 rings (SSSR count). The number of halogens is 1. The highest BCUT2D eigenvalue weighted by Gasteiger charge is 2.33. The zero-order chi connectivity index (χ0) is 11.3. The summed E-state index contributed by atoms with van der Waals surface area (Å²) in [7, 11) is 0. The number of hydrogen-bond donors (Lipinski definition) is 0. The molecule has 0 aromatic heterocycles. The van der Waals surface area contributed by atoms with Crippen LogP contribution in [0.5, 0.6) is 0 Å². The lowest BCUT2D eigenvalue weighted by Crippen LogP contribution is -1.97. The number of ether oxygens (including phenoxy) is 1. The molecular formula is C12H5IO3. The number of hydrogen-bond acceptors (Lipinski definition) is 3. The van der Waals surface area contributed by atoms with Crippen molar-refractivity contribution >= 4 is 45.3 Å². The Balaban J connectivity index is 2.54. The Morgan fingerprint density at radius 3 is 2.50 bits per heavy atom. The molecule has 0 saturated carbocycles. The van der Waals surface area contributed by atoms with Gasteiger partial charge in [0.1, 0.15) is 0 Å². The molecule has 3 nitrogen and oxygen atoms in total. The fourth-order valence-electron chi connectivity index (χ4n) is 1.91. The summed E-state index contributed by atoms with van der Waals surface area (Å²) in [6, 6.07) is 9.35. The van der Waals surface area contributed by atoms with E-state index in [1.165, 1.54) is 0 Å². The highest BCUT2D eigenvalue weighted by molar-refractivity contribution is 14.1. The van der Waals surface area contributed by atoms with Gasteiger partial charge in [-0.25, -0.2) is 9.59 Å². The van der Waals surface area contributed by atoms with Crippen LogP contribution in [0.4, 0.5) is 0 Å². The number of carbonyl (C=O) groups is 2. The first-order chi connectivity index (χ1) is 7.68. The molecule has 78 valence electrons. The van der Waals surface area contributed by atoms with E-state index in [1.807, 2.05) is 52.9 Å². The molecule has 0 N–H and O–H groups in total. The van der Waals surface area contributed by atoms with Crippen LogP contribution in [0.1, 0.15) is 20.7 Å². The van der Waals surface area contributed by atoms with E-state index in [1.54, 1.807) is 0 Å². The third-order valence-electron chi connectivity index (χ3n) is 2.59. The van der Waals surface area contributed by atoms with Gasteiger partial charge in [0.15, 0.2) is 0 Å². The molecule has 2 aromatic rings. The molecule has 0 unspecified atom stereocenters. The van der Waals surface area contributed by atoms with Crippen molar-refractivity contribution < 1.29 is 14.3 Å². The number of carbonyl (C=O) groups excluding carboxylic acids is 2. The van der Waals surface area contributed by atoms with Crippen LogP contribution >= 0.6 is 22.6 Å². The number of benzene rings is 2. The minimum atomic E-state index is -0.547. The summed E-state index contributed by atoms with van der Waals surface area (Å²) < 4.78 is 5.39. The summed E-state index contributed by atoms with van der Waals surface area (Å²) in [5.41, 5.74) is 0.789. The fraction of sp³-hybridized carbons (Fsp3) is 0. The predicted octanol–water partition coefficient (Wildman–Crippen LogP) is 2.76. The molecule has 0 saturated heterocycles. The molecule has 1 aliphatic heterocycles. The van der Waals surface area contributed by atoms with Gasteiger partial charge >= 0.3 is 11.9 Å². The molecule has 0 aliphatic carbocycles. The van der Waals surface area contributed by atoms with E-state index in [9.17, 15) is 9.59 Å². The molecular weight excluding hydrogens is 319 g/mol. The van der Waals surface area contributed by atoms with Crippen LogP contribution < -0.4 is 0 Å². The molecule has 0 spiro atoms. The van der Waals surface area contributed by atoms with Crippen LogP contribution in [0.2, 0.25) is 0 Å². The third-order valence-corrected chi connectivity index (χ3v) is 3.45. The van der Waals surface area contributed by atoms with Gasteiger partial charge in [-0.05, 0) is 39.4 Å². The zero-order valence-electron chi connectivity index (χ0n) is 7.99. The summed E-state index contributed by atoms with van der Waals surface area (Å²) in [5.74, 6) is -1.09. The second-order valence-corrected chi connectivity index (χ2v) is 4.67. The average molecular weight is 324 g/mol. The zero-order valence-corrected chi connectivity index (χ0v) is 10.1. The summed E-state index contributed by atoms with van der Waals surface area (Å²) >= 11 is 2.05. The first-order valence-corrected chi connectivity index (χ1v) is 5.74. The van der Waals surface area contributed by atoms with Crippen LogP contribution in [-0.2, 0) is 4.74 Å². The Morgan fingerprint density at radius 1 is 1.00 bits per heavy atom. The van der Waals surface area contributed by atoms with Crippen molar-refractivity contribution in [2.24, 2.45) is 0 Å². The molecule has 0 fully saturated rings. The van der Waals surface area contributed by atoms with E-state index in [0.29, 0.717) is 11.1 Å². The van der Waals surface area contributed by atoms with E-state index in [-0.39, 0.29) is 0 Å². The van der Waals surface area contributed by atoms with Crippen molar-refractivity contribution in [1.82, 2.24) is 0 Å². The largest absolute Gasteiger partial charge is 0.386 e. The normalized spacial score (nSPS) is 14.1. The molecule has 2 aromatic carbocycles. The van der Waals surface area contributed by atoms with Crippen molar-refractivity contribution in [3.05, 3.63) is 45.0 Å². The third kappa shape index (κ3) is 1.19. The van der Waals surface area contributed by atoms with Crippen LogP contribution in [0.3, 0.4) is 0 Å². The van der Waals surface area contributed by atoms with Crippen LogP contribution in [0, 0.1) is 3.57 Å². The molecule has 0 bridgehead atoms. The quantitative estimate of drug-likeness (QED) is 0.425. The molecule has 1 heterocycles. The second-order valence-electron chi connectivity index (χ2n) is 3.51. The highest BCUT2D eigenvalue weighted by Crippen LogP contribution is 2.32. The van der Waals surface area contributed by atoms with Crippen molar-refractivity contribution in [2.75, 3.05) is 0 Å². The lowest BCUT2D eigenvalue weighted by molar-refractivity contribution is 0.0444. The maximum absolute atomic E-state index is 11.6. The van der Waals surface area contributed by atoms with Crippen molar-refractivity contribution in [2.45, 2.75) is 0 Å². The molecule has 1 aliphatic rings. The number of esters is 2. The van der Waals surface area contributed by atoms with Gasteiger partial charge in [0.25, 0.3) is 0 Å². The number of fused-ring (bicyclic) bond motifs is 3. The fourth-order valence-corrected chi connectivity index (χ4v) is 2.74. The summed E-state index contributed by atoms with van der Waals surface area (Å²) in [5, 5.41) is 1.71. The van der Waals surface area contributed by atoms with Gasteiger partial charge in [-0.2, -0.15) is 0 Å². The first kappa shape index (κ1) is 9.77. The molecule has 4 heteroatoms.